The molecule has 2 amide bonds. The van der Waals surface area contributed by atoms with E-state index in [1.165, 1.54) is 28.7 Å². The summed E-state index contributed by atoms with van der Waals surface area (Å²) in [4.78, 5) is 38.7. The molecule has 3 aromatic heterocycles. The number of carbonyl (C=O) groups is 2. The fourth-order valence-corrected chi connectivity index (χ4v) is 6.03. The number of amides is 2. The number of benzene rings is 1. The van der Waals surface area contributed by atoms with E-state index in [-0.39, 0.29) is 12.4 Å². The van der Waals surface area contributed by atoms with Crippen LogP contribution in [0, 0.1) is 0 Å². The van der Waals surface area contributed by atoms with Gasteiger partial charge >= 0.3 is 0 Å². The number of hydrogen-bond acceptors (Lipinski definition) is 10. The first-order chi connectivity index (χ1) is 18.6. The molecule has 0 bridgehead atoms. The van der Waals surface area contributed by atoms with Crippen LogP contribution in [0.5, 0.6) is 5.75 Å². The van der Waals surface area contributed by atoms with Gasteiger partial charge in [-0.15, -0.1) is 35.1 Å². The van der Waals surface area contributed by atoms with Crippen molar-refractivity contribution in [3.63, 3.8) is 0 Å². The lowest BCUT2D eigenvalue weighted by Gasteiger charge is -2.26. The number of hydrazine groups is 1. The number of aromatic nitrogens is 2. The zero-order valence-corrected chi connectivity index (χ0v) is 23.5. The van der Waals surface area contributed by atoms with Gasteiger partial charge in [-0.05, 0) is 36.1 Å². The Hall–Kier alpha value is -3.35. The van der Waals surface area contributed by atoms with Crippen molar-refractivity contribution < 1.29 is 19.1 Å². The molecule has 1 N–H and O–H groups in total. The van der Waals surface area contributed by atoms with Crippen molar-refractivity contribution in [2.45, 2.75) is 6.92 Å². The quantitative estimate of drug-likeness (QED) is 0.294. The summed E-state index contributed by atoms with van der Waals surface area (Å²) < 4.78 is 11.5. The first-order valence-corrected chi connectivity index (χ1v) is 14.0. The fourth-order valence-electron chi connectivity index (χ4n) is 4.42. The summed E-state index contributed by atoms with van der Waals surface area (Å²) in [7, 11) is 0. The number of fused-ring (bicyclic) bond motifs is 1. The lowest BCUT2D eigenvalue weighted by atomic mass is 10.1. The predicted octanol–water partition coefficient (Wildman–Crippen LogP) is 4.86. The number of anilines is 1. The van der Waals surface area contributed by atoms with Crippen molar-refractivity contribution in [3.05, 3.63) is 58.8 Å². The Morgan fingerprint density at radius 1 is 1.10 bits per heavy atom. The number of nitrogens with zero attached hydrogens (tertiary/aromatic N) is 4. The second kappa shape index (κ2) is 11.8. The molecular formula is C27H26ClN5O4S2. The lowest BCUT2D eigenvalue weighted by molar-refractivity contribution is -0.135. The molecular weight excluding hydrogens is 558 g/mol. The van der Waals surface area contributed by atoms with E-state index < -0.39 is 11.8 Å². The maximum Gasteiger partial charge on any atom is 0.275 e. The van der Waals surface area contributed by atoms with E-state index in [4.69, 9.17) is 19.4 Å². The third-order valence-electron chi connectivity index (χ3n) is 6.42. The van der Waals surface area contributed by atoms with E-state index >= 15 is 0 Å². The molecule has 0 atom stereocenters. The summed E-state index contributed by atoms with van der Waals surface area (Å²) in [5.74, 6) is 0.882. The largest absolute Gasteiger partial charge is 0.492 e. The van der Waals surface area contributed by atoms with Crippen molar-refractivity contribution in [3.8, 4) is 27.6 Å². The van der Waals surface area contributed by atoms with Crippen LogP contribution in [0.25, 0.3) is 32.0 Å². The molecule has 1 fully saturated rings. The Bertz CT molecular complexity index is 1530. The van der Waals surface area contributed by atoms with Gasteiger partial charge in [-0.25, -0.2) is 9.97 Å². The highest BCUT2D eigenvalue weighted by Gasteiger charge is 2.30. The molecule has 0 saturated carbocycles. The van der Waals surface area contributed by atoms with E-state index in [9.17, 15) is 9.59 Å². The molecule has 0 spiro atoms. The average molecular weight is 584 g/mol. The van der Waals surface area contributed by atoms with Gasteiger partial charge in [-0.1, -0.05) is 18.2 Å². The first-order valence-electron chi connectivity index (χ1n) is 12.3. The van der Waals surface area contributed by atoms with Crippen LogP contribution in [-0.2, 0) is 14.3 Å². The number of halogens is 1. The molecule has 0 unspecified atom stereocenters. The molecule has 0 aliphatic carbocycles. The van der Waals surface area contributed by atoms with Gasteiger partial charge in [0.15, 0.2) is 11.6 Å². The van der Waals surface area contributed by atoms with E-state index in [0.717, 1.165) is 69.8 Å². The summed E-state index contributed by atoms with van der Waals surface area (Å²) in [5, 5.41) is 5.72. The summed E-state index contributed by atoms with van der Waals surface area (Å²) in [6.07, 6.45) is 1.32. The van der Waals surface area contributed by atoms with Gasteiger partial charge in [0.1, 0.15) is 17.2 Å². The number of imide groups is 1. The molecule has 12 heteroatoms. The lowest BCUT2D eigenvalue weighted by Crippen LogP contribution is -2.38. The van der Waals surface area contributed by atoms with Crippen LogP contribution < -0.4 is 10.2 Å². The normalized spacial score (nSPS) is 15.9. The van der Waals surface area contributed by atoms with Crippen LogP contribution in [0.4, 0.5) is 5.82 Å². The molecule has 6 rings (SSSR count). The second-order valence-electron chi connectivity index (χ2n) is 8.95. The minimum Gasteiger partial charge on any atom is -0.492 e. The Morgan fingerprint density at radius 3 is 2.69 bits per heavy atom. The number of carbonyl (C=O) groups excluding carboxylic acids is 2. The highest BCUT2D eigenvalue weighted by Crippen LogP contribution is 2.40. The average Bonchev–Trinajstić information content (AvgIpc) is 3.67. The third-order valence-corrected chi connectivity index (χ3v) is 8.16. The predicted molar refractivity (Wildman–Crippen MR) is 155 cm³/mol. The maximum atomic E-state index is 12.6. The van der Waals surface area contributed by atoms with Crippen LogP contribution in [0.15, 0.2) is 58.8 Å². The number of nitrogens with one attached hydrogen (secondary N) is 1. The maximum absolute atomic E-state index is 12.6. The number of morpholine rings is 1. The smallest absolute Gasteiger partial charge is 0.275 e. The molecule has 0 radical (unpaired) electrons. The van der Waals surface area contributed by atoms with Crippen molar-refractivity contribution >= 4 is 62.9 Å². The van der Waals surface area contributed by atoms with Gasteiger partial charge in [-0.2, -0.15) is 5.01 Å². The minimum absolute atomic E-state index is 0. The Balaban J connectivity index is 0.00000308. The minimum atomic E-state index is -0.426. The highest BCUT2D eigenvalue weighted by atomic mass is 35.5. The highest BCUT2D eigenvalue weighted by molar-refractivity contribution is 7.17. The van der Waals surface area contributed by atoms with E-state index in [0.29, 0.717) is 23.8 Å². The zero-order valence-electron chi connectivity index (χ0n) is 21.1. The summed E-state index contributed by atoms with van der Waals surface area (Å²) >= 11 is 3.02. The van der Waals surface area contributed by atoms with E-state index in [1.807, 2.05) is 47.2 Å². The number of rotatable bonds is 8. The van der Waals surface area contributed by atoms with Crippen LogP contribution in [0.2, 0.25) is 0 Å². The molecule has 1 saturated heterocycles. The Morgan fingerprint density at radius 2 is 1.95 bits per heavy atom. The van der Waals surface area contributed by atoms with Gasteiger partial charge in [0.2, 0.25) is 0 Å². The Labute approximate surface area is 239 Å². The molecule has 5 heterocycles. The number of ether oxygens (including phenoxy) is 2. The molecule has 9 nitrogen and oxygen atoms in total. The van der Waals surface area contributed by atoms with Gasteiger partial charge in [0.05, 0.1) is 23.5 Å². The Kier molecular flexibility index (Phi) is 8.24. The van der Waals surface area contributed by atoms with Crippen molar-refractivity contribution in [2.24, 2.45) is 0 Å². The summed E-state index contributed by atoms with van der Waals surface area (Å²) in [5.41, 5.74) is 5.20. The number of thiophene rings is 2. The van der Waals surface area contributed by atoms with Crippen LogP contribution in [0.1, 0.15) is 6.92 Å². The van der Waals surface area contributed by atoms with Crippen LogP contribution in [-0.4, -0.2) is 71.1 Å². The molecule has 39 heavy (non-hydrogen) atoms. The van der Waals surface area contributed by atoms with Gasteiger partial charge in [-0.3, -0.25) is 19.9 Å². The second-order valence-corrected chi connectivity index (χ2v) is 10.8. The van der Waals surface area contributed by atoms with Gasteiger partial charge in [0, 0.05) is 42.2 Å². The van der Waals surface area contributed by atoms with Gasteiger partial charge in [0.25, 0.3) is 11.8 Å². The van der Waals surface area contributed by atoms with Crippen LogP contribution in [0.3, 0.4) is 0 Å². The molecule has 202 valence electrons. The van der Waals surface area contributed by atoms with Crippen molar-refractivity contribution in [1.82, 2.24) is 19.9 Å². The summed E-state index contributed by atoms with van der Waals surface area (Å²) in [6.45, 7) is 6.41. The number of hydrogen-bond donors (Lipinski definition) is 1. The molecule has 2 aliphatic rings. The summed E-state index contributed by atoms with van der Waals surface area (Å²) in [6, 6.07) is 11.8. The van der Waals surface area contributed by atoms with E-state index in [2.05, 4.69) is 10.3 Å². The fraction of sp³-hybridized carbons (Fsp3) is 0.259. The molecule has 4 aromatic rings. The van der Waals surface area contributed by atoms with E-state index in [1.54, 1.807) is 6.92 Å². The monoisotopic (exact) mass is 583 g/mol. The zero-order chi connectivity index (χ0) is 26.1. The molecule has 2 aliphatic heterocycles. The van der Waals surface area contributed by atoms with Gasteiger partial charge < -0.3 is 9.47 Å². The van der Waals surface area contributed by atoms with Crippen LogP contribution >= 0.6 is 35.1 Å². The molecule has 1 aromatic carbocycles. The topological polar surface area (TPSA) is 96.9 Å². The first kappa shape index (κ1) is 27.2. The van der Waals surface area contributed by atoms with Crippen molar-refractivity contribution in [1.29, 1.82) is 0 Å². The van der Waals surface area contributed by atoms with Crippen molar-refractivity contribution in [2.75, 3.05) is 44.9 Å². The third kappa shape index (κ3) is 5.68. The standard InChI is InChI=1S/C27H25N5O4S2.ClH/c1-17-14-22(33)32(27(17)34)30-25-23-20(16-38-26(23)29-24(28-25)21-6-3-13-37-21)18-4-2-5-19(15-18)36-12-9-31-7-10-35-11-8-31;/h2-6,13-16H,7-12H2,1H3,(H,28,29,30);1H. The SMILES string of the molecule is CC1=CC(=O)N(Nc2nc(-c3cccs3)nc3scc(-c4cccc(OCCN5CCOCC5)c4)c23)C1=O.Cl.